The van der Waals surface area contributed by atoms with Crippen LogP contribution >= 0.6 is 0 Å². The molecule has 2 saturated heterocycles. The van der Waals surface area contributed by atoms with Gasteiger partial charge in [0.2, 0.25) is 23.6 Å². The minimum Gasteiger partial charge on any atom is -0.347 e. The molecule has 8 atom stereocenters. The molecule has 3 unspecified atom stereocenters. The van der Waals surface area contributed by atoms with Crippen molar-refractivity contribution >= 4 is 70.9 Å². The molecule has 0 radical (unpaired) electrons. The van der Waals surface area contributed by atoms with Gasteiger partial charge in [0.05, 0.1) is 34.3 Å². The number of carbonyl (C=O) groups is 12. The van der Waals surface area contributed by atoms with Gasteiger partial charge < -0.3 is 41.7 Å². The second-order valence-electron chi connectivity index (χ2n) is 22.0. The summed E-state index contributed by atoms with van der Waals surface area (Å²) in [7, 11) is 3.15. The van der Waals surface area contributed by atoms with E-state index in [1.807, 2.05) is 0 Å². The Hall–Kier alpha value is -8.38. The summed E-state index contributed by atoms with van der Waals surface area (Å²) in [5.74, 6) is -8.71. The Balaban J connectivity index is 1.09. The van der Waals surface area contributed by atoms with Gasteiger partial charge in [0.1, 0.15) is 24.2 Å². The number of likely N-dealkylation sites (N-methyl/N-ethyl adjacent to an activating group) is 2. The standard InChI is InChI=1S/C54H66N12O12/c1-27(55-9)41(67)59-39(53(3,4)5)51(77)63-25-31(23-37(63)45(71)61-65-47(73)33-18-11-12-19-34(33)48(65)74)57-43(69)29-16-15-17-30(22-29)44(70)58-32-24-38(46(72)62-66-49(75)35-20-13-14-21-36(35)50(66)76)64(26-32)52(78)40(54(6,7)8)60-42(68)28(2)56-10/h11-22,27-28,31-32,37-40,55-56H,23-26H2,1-10H3,(H,57,69)(H,58,70)(H,59,67)(H,60,68)(H,61,71)(H,62,72)/t27-,28-,31-,32-,37?,38?,39+,40?/m0/s1. The Labute approximate surface area is 450 Å². The Kier molecular flexibility index (Phi) is 16.7. The van der Waals surface area contributed by atoms with Crippen LogP contribution < -0.4 is 42.8 Å². The molecular weight excluding hydrogens is 1010 g/mol. The summed E-state index contributed by atoms with van der Waals surface area (Å²) in [4.78, 5) is 168. The molecule has 24 heteroatoms. The van der Waals surface area contributed by atoms with Gasteiger partial charge >= 0.3 is 0 Å². The topological polar surface area (TPSA) is 314 Å². The van der Waals surface area contributed by atoms with Crippen LogP contribution in [0.5, 0.6) is 0 Å². The Morgan fingerprint density at radius 1 is 0.500 bits per heavy atom. The summed E-state index contributed by atoms with van der Waals surface area (Å²) in [6.45, 7) is 13.1. The lowest BCUT2D eigenvalue weighted by molar-refractivity contribution is -0.144. The molecule has 0 aliphatic carbocycles. The largest absolute Gasteiger partial charge is 0.347 e. The molecule has 0 saturated carbocycles. The summed E-state index contributed by atoms with van der Waals surface area (Å²) < 4.78 is 0. The van der Waals surface area contributed by atoms with E-state index in [-0.39, 0.29) is 59.3 Å². The van der Waals surface area contributed by atoms with Gasteiger partial charge in [-0.3, -0.25) is 68.4 Å². The van der Waals surface area contributed by atoms with Crippen LogP contribution in [0.4, 0.5) is 0 Å². The number of nitrogens with one attached hydrogen (secondary N) is 8. The van der Waals surface area contributed by atoms with Crippen molar-refractivity contribution in [3.63, 3.8) is 0 Å². The third-order valence-corrected chi connectivity index (χ3v) is 14.3. The lowest BCUT2D eigenvalue weighted by Crippen LogP contribution is -2.60. The number of hydrogen-bond acceptors (Lipinski definition) is 14. The quantitative estimate of drug-likeness (QED) is 0.0878. The number of nitrogens with zero attached hydrogens (tertiary/aromatic N) is 4. The highest BCUT2D eigenvalue weighted by Gasteiger charge is 2.49. The number of amides is 12. The summed E-state index contributed by atoms with van der Waals surface area (Å²) in [5.41, 5.74) is 3.20. The molecule has 78 heavy (non-hydrogen) atoms. The molecule has 4 aliphatic rings. The first-order valence-electron chi connectivity index (χ1n) is 25.5. The van der Waals surface area contributed by atoms with Gasteiger partial charge in [-0.2, -0.15) is 10.0 Å². The highest BCUT2D eigenvalue weighted by atomic mass is 16.2. The number of carbonyl (C=O) groups excluding carboxylic acids is 12. The van der Waals surface area contributed by atoms with E-state index in [9.17, 15) is 57.5 Å². The van der Waals surface area contributed by atoms with Crippen LogP contribution in [0.2, 0.25) is 0 Å². The average molecular weight is 1080 g/mol. The van der Waals surface area contributed by atoms with E-state index in [2.05, 4.69) is 42.8 Å². The molecule has 3 aromatic carbocycles. The van der Waals surface area contributed by atoms with Crippen LogP contribution in [0.15, 0.2) is 72.8 Å². The van der Waals surface area contributed by atoms with Crippen molar-refractivity contribution in [1.82, 2.24) is 62.6 Å². The van der Waals surface area contributed by atoms with Crippen LogP contribution in [-0.2, 0) is 28.8 Å². The zero-order valence-electron chi connectivity index (χ0n) is 45.1. The summed E-state index contributed by atoms with van der Waals surface area (Å²) >= 11 is 0. The maximum Gasteiger partial charge on any atom is 0.280 e. The van der Waals surface area contributed by atoms with Crippen LogP contribution in [0, 0.1) is 10.8 Å². The van der Waals surface area contributed by atoms with Gasteiger partial charge in [-0.25, -0.2) is 0 Å². The molecule has 4 heterocycles. The predicted octanol–water partition coefficient (Wildman–Crippen LogP) is 0.0176. The maximum absolute atomic E-state index is 14.6. The number of hydrogen-bond donors (Lipinski definition) is 8. The number of hydrazine groups is 2. The fourth-order valence-electron chi connectivity index (χ4n) is 9.58. The van der Waals surface area contributed by atoms with E-state index in [0.717, 1.165) is 0 Å². The zero-order valence-corrected chi connectivity index (χ0v) is 45.1. The van der Waals surface area contributed by atoms with Gasteiger partial charge in [0.15, 0.2) is 0 Å². The molecule has 2 fully saturated rings. The highest BCUT2D eigenvalue weighted by molar-refractivity contribution is 6.22. The van der Waals surface area contributed by atoms with Crippen LogP contribution in [0.3, 0.4) is 0 Å². The lowest BCUT2D eigenvalue weighted by Gasteiger charge is -2.36. The second-order valence-corrected chi connectivity index (χ2v) is 22.0. The molecular formula is C54H66N12O12. The van der Waals surface area contributed by atoms with Crippen molar-refractivity contribution in [1.29, 1.82) is 0 Å². The predicted molar refractivity (Wildman–Crippen MR) is 279 cm³/mol. The van der Waals surface area contributed by atoms with Crippen molar-refractivity contribution < 1.29 is 57.5 Å². The van der Waals surface area contributed by atoms with Crippen LogP contribution in [0.1, 0.15) is 130 Å². The smallest absolute Gasteiger partial charge is 0.280 e. The Morgan fingerprint density at radius 3 is 1.12 bits per heavy atom. The van der Waals surface area contributed by atoms with E-state index in [1.54, 1.807) is 93.8 Å². The van der Waals surface area contributed by atoms with E-state index >= 15 is 0 Å². The number of likely N-dealkylation sites (tertiary alicyclic amines) is 2. The molecule has 8 N–H and O–H groups in total. The van der Waals surface area contributed by atoms with Gasteiger partial charge in [-0.05, 0) is 94.1 Å². The Bertz CT molecular complexity index is 2720. The number of imide groups is 2. The van der Waals surface area contributed by atoms with Gasteiger partial charge in [-0.1, -0.05) is 71.9 Å². The Morgan fingerprint density at radius 2 is 0.821 bits per heavy atom. The second kappa shape index (κ2) is 22.7. The monoisotopic (exact) mass is 1070 g/mol. The van der Waals surface area contributed by atoms with Gasteiger partial charge in [0, 0.05) is 36.3 Å². The van der Waals surface area contributed by atoms with Gasteiger partial charge in [-0.15, -0.1) is 0 Å². The summed E-state index contributed by atoms with van der Waals surface area (Å²) in [5, 5.41) is 18.0. The van der Waals surface area contributed by atoms with Crippen LogP contribution in [-0.4, -0.2) is 166 Å². The summed E-state index contributed by atoms with van der Waals surface area (Å²) in [6.07, 6.45) is -0.394. The molecule has 3 aromatic rings. The van der Waals surface area contributed by atoms with E-state index in [0.29, 0.717) is 10.0 Å². The van der Waals surface area contributed by atoms with Crippen molar-refractivity contribution in [3.05, 3.63) is 106 Å². The fraction of sp³-hybridized carbons (Fsp3) is 0.444. The van der Waals surface area contributed by atoms with Crippen LogP contribution in [0.25, 0.3) is 0 Å². The van der Waals surface area contributed by atoms with E-state index in [4.69, 9.17) is 0 Å². The van der Waals surface area contributed by atoms with E-state index in [1.165, 1.54) is 58.3 Å². The van der Waals surface area contributed by atoms with E-state index < -0.39 is 130 Å². The van der Waals surface area contributed by atoms with Crippen molar-refractivity contribution in [3.8, 4) is 0 Å². The summed E-state index contributed by atoms with van der Waals surface area (Å²) in [6, 6.07) is 9.28. The first-order valence-corrected chi connectivity index (χ1v) is 25.5. The molecule has 24 nitrogen and oxygen atoms in total. The van der Waals surface area contributed by atoms with Crippen molar-refractivity contribution in [2.45, 2.75) is 117 Å². The normalized spacial score (nSPS) is 20.5. The lowest BCUT2D eigenvalue weighted by atomic mass is 9.85. The highest BCUT2D eigenvalue weighted by Crippen LogP contribution is 2.30. The third kappa shape index (κ3) is 11.8. The molecule has 0 aromatic heterocycles. The molecule has 4 aliphatic heterocycles. The third-order valence-electron chi connectivity index (χ3n) is 14.3. The van der Waals surface area contributed by atoms with Gasteiger partial charge in [0.25, 0.3) is 47.3 Å². The average Bonchev–Trinajstić information content (AvgIpc) is 4.15. The first-order chi connectivity index (χ1) is 36.7. The van der Waals surface area contributed by atoms with Crippen molar-refractivity contribution in [2.24, 2.45) is 10.8 Å². The first kappa shape index (κ1) is 57.3. The molecule has 12 amide bonds. The minimum atomic E-state index is -1.36. The number of rotatable bonds is 16. The molecule has 0 spiro atoms. The molecule has 0 bridgehead atoms. The number of fused-ring (bicyclic) bond motifs is 2. The molecule has 7 rings (SSSR count). The molecule has 414 valence electrons. The zero-order chi connectivity index (χ0) is 57.3. The SMILES string of the molecule is CN[C@@H](C)C(=O)NC(C(=O)N1C[C@@H](NC(=O)c2cccc(C(=O)N[C@H]3CC(C(=O)NN4C(=O)c5ccccc5C4=O)N(C(=O)[C@@H](NC(=O)[C@H](C)NC)C(C)(C)C)C3)c2)CC1C(=O)NN1C(=O)c2ccccc2C1=O)C(C)(C)C. The maximum atomic E-state index is 14.6. The minimum absolute atomic E-state index is 0.0127. The number of benzene rings is 3. The van der Waals surface area contributed by atoms with Crippen molar-refractivity contribution in [2.75, 3.05) is 27.2 Å². The fourth-order valence-corrected chi connectivity index (χ4v) is 9.58.